The van der Waals surface area contributed by atoms with Gasteiger partial charge in [0.25, 0.3) is 0 Å². The van der Waals surface area contributed by atoms with Crippen molar-refractivity contribution < 1.29 is 35.6 Å². The van der Waals surface area contributed by atoms with E-state index in [4.69, 9.17) is 0 Å². The van der Waals surface area contributed by atoms with Crippen LogP contribution in [0.5, 0.6) is 5.75 Å². The number of hydrogen-bond donors (Lipinski definition) is 0. The largest absolute Gasteiger partial charge is 0.573 e. The molecule has 0 spiro atoms. The lowest BCUT2D eigenvalue weighted by Crippen LogP contribution is -2.22. The van der Waals surface area contributed by atoms with Gasteiger partial charge in [-0.15, -0.1) is 13.2 Å². The molecule has 1 atom stereocenters. The molecular formula is C12H9F4NO4S. The van der Waals surface area contributed by atoms with Crippen LogP contribution in [-0.2, 0) is 14.7 Å². The van der Waals surface area contributed by atoms with E-state index in [1.165, 1.54) is 6.07 Å². The van der Waals surface area contributed by atoms with Crippen molar-refractivity contribution in [2.45, 2.75) is 18.3 Å². The quantitative estimate of drug-likeness (QED) is 0.793. The standard InChI is InChI=1S/C12H9F4NO4S/c1-7-6-10(17-21-7)22(18,19)11(13)8-4-2-3-5-9(8)20-12(14,15)16/h2-5,11H,1,6H2. The molecule has 0 bridgehead atoms. The fraction of sp³-hybridized carbons (Fsp3) is 0.250. The Morgan fingerprint density at radius 2 is 1.95 bits per heavy atom. The summed E-state index contributed by atoms with van der Waals surface area (Å²) in [6, 6.07) is 4.04. The normalized spacial score (nSPS) is 16.9. The highest BCUT2D eigenvalue weighted by Crippen LogP contribution is 2.36. The minimum absolute atomic E-state index is 0.00870. The highest BCUT2D eigenvalue weighted by atomic mass is 32.2. The lowest BCUT2D eigenvalue weighted by Gasteiger charge is -2.15. The summed E-state index contributed by atoms with van der Waals surface area (Å²) in [7, 11) is -4.65. The number of oxime groups is 1. The van der Waals surface area contributed by atoms with E-state index in [-0.39, 0.29) is 12.2 Å². The molecule has 1 aromatic rings. The van der Waals surface area contributed by atoms with Crippen LogP contribution in [-0.4, -0.2) is 19.8 Å². The SMILES string of the molecule is C=C1CC(S(=O)(=O)C(F)c2ccccc2OC(F)(F)F)=NO1. The van der Waals surface area contributed by atoms with Gasteiger partial charge in [-0.2, -0.15) is 0 Å². The minimum atomic E-state index is -5.08. The molecule has 1 aromatic carbocycles. The second-order valence-corrected chi connectivity index (χ2v) is 6.21. The molecule has 2 rings (SSSR count). The third kappa shape index (κ3) is 3.38. The van der Waals surface area contributed by atoms with Gasteiger partial charge in [-0.3, -0.25) is 0 Å². The van der Waals surface area contributed by atoms with E-state index >= 15 is 0 Å². The molecule has 0 fully saturated rings. The van der Waals surface area contributed by atoms with Crippen LogP contribution in [0.4, 0.5) is 17.6 Å². The minimum Gasteiger partial charge on any atom is -0.405 e. The fourth-order valence-electron chi connectivity index (χ4n) is 1.67. The molecule has 1 heterocycles. The van der Waals surface area contributed by atoms with Crippen LogP contribution in [0.3, 0.4) is 0 Å². The molecule has 10 heteroatoms. The zero-order valence-corrected chi connectivity index (χ0v) is 11.6. The fourth-order valence-corrected chi connectivity index (χ4v) is 2.94. The van der Waals surface area contributed by atoms with E-state index in [1.807, 2.05) is 0 Å². The van der Waals surface area contributed by atoms with Gasteiger partial charge in [0.05, 0.1) is 6.42 Å². The summed E-state index contributed by atoms with van der Waals surface area (Å²) in [5.41, 5.74) is -3.56. The Morgan fingerprint density at radius 1 is 1.32 bits per heavy atom. The van der Waals surface area contributed by atoms with Crippen LogP contribution < -0.4 is 4.74 Å². The van der Waals surface area contributed by atoms with Crippen molar-refractivity contribution in [3.05, 3.63) is 42.2 Å². The van der Waals surface area contributed by atoms with Gasteiger partial charge < -0.3 is 9.57 Å². The van der Waals surface area contributed by atoms with Gasteiger partial charge in [0.2, 0.25) is 15.3 Å². The Morgan fingerprint density at radius 3 is 2.50 bits per heavy atom. The van der Waals surface area contributed by atoms with Crippen molar-refractivity contribution in [3.8, 4) is 5.75 Å². The molecule has 0 saturated carbocycles. The molecule has 5 nitrogen and oxygen atoms in total. The molecule has 0 amide bonds. The predicted molar refractivity (Wildman–Crippen MR) is 68.2 cm³/mol. The molecule has 1 unspecified atom stereocenters. The second-order valence-electron chi connectivity index (χ2n) is 4.24. The molecule has 0 saturated heterocycles. The maximum absolute atomic E-state index is 14.3. The number of ether oxygens (including phenoxy) is 1. The molecule has 0 aliphatic carbocycles. The summed E-state index contributed by atoms with van der Waals surface area (Å²) >= 11 is 0. The number of para-hydroxylation sites is 1. The van der Waals surface area contributed by atoms with Gasteiger partial charge in [-0.05, 0) is 6.07 Å². The van der Waals surface area contributed by atoms with E-state index in [0.717, 1.165) is 18.2 Å². The number of nitrogens with zero attached hydrogens (tertiary/aromatic N) is 1. The van der Waals surface area contributed by atoms with Gasteiger partial charge in [0, 0.05) is 5.56 Å². The maximum Gasteiger partial charge on any atom is 0.573 e. The van der Waals surface area contributed by atoms with Gasteiger partial charge in [0.1, 0.15) is 11.5 Å². The van der Waals surface area contributed by atoms with Gasteiger partial charge >= 0.3 is 6.36 Å². The average Bonchev–Trinajstić information content (AvgIpc) is 2.84. The van der Waals surface area contributed by atoms with E-state index in [9.17, 15) is 26.0 Å². The number of rotatable bonds is 3. The van der Waals surface area contributed by atoms with E-state index < -0.39 is 38.1 Å². The second kappa shape index (κ2) is 5.59. The number of halogens is 4. The van der Waals surface area contributed by atoms with E-state index in [2.05, 4.69) is 21.3 Å². The maximum atomic E-state index is 14.3. The van der Waals surface area contributed by atoms with Crippen LogP contribution in [0.15, 0.2) is 41.8 Å². The van der Waals surface area contributed by atoms with Crippen LogP contribution in [0.2, 0.25) is 0 Å². The lowest BCUT2D eigenvalue weighted by atomic mass is 10.2. The summed E-state index contributed by atoms with van der Waals surface area (Å²) in [6.07, 6.45) is -5.42. The Bertz CT molecular complexity index is 727. The van der Waals surface area contributed by atoms with Crippen molar-refractivity contribution in [1.29, 1.82) is 0 Å². The molecule has 0 radical (unpaired) electrons. The van der Waals surface area contributed by atoms with Gasteiger partial charge in [0.15, 0.2) is 5.04 Å². The number of allylic oxidation sites excluding steroid dienone is 1. The van der Waals surface area contributed by atoms with Crippen molar-refractivity contribution in [3.63, 3.8) is 0 Å². The van der Waals surface area contributed by atoms with Crippen molar-refractivity contribution in [1.82, 2.24) is 0 Å². The molecular weight excluding hydrogens is 330 g/mol. The van der Waals surface area contributed by atoms with Crippen molar-refractivity contribution in [2.75, 3.05) is 0 Å². The van der Waals surface area contributed by atoms with E-state index in [0.29, 0.717) is 0 Å². The zero-order chi connectivity index (χ0) is 16.5. The predicted octanol–water partition coefficient (Wildman–Crippen LogP) is 3.22. The van der Waals surface area contributed by atoms with E-state index in [1.54, 1.807) is 0 Å². The summed E-state index contributed by atoms with van der Waals surface area (Å²) in [5.74, 6) is -0.949. The highest BCUT2D eigenvalue weighted by molar-refractivity contribution is 8.06. The first kappa shape index (κ1) is 16.3. The number of benzene rings is 1. The smallest absolute Gasteiger partial charge is 0.405 e. The van der Waals surface area contributed by atoms with Crippen molar-refractivity contribution in [2.24, 2.45) is 5.16 Å². The Kier molecular flexibility index (Phi) is 4.14. The van der Waals surface area contributed by atoms with Gasteiger partial charge in [-0.25, -0.2) is 12.8 Å². The number of alkyl halides is 4. The Hall–Kier alpha value is -2.10. The highest BCUT2D eigenvalue weighted by Gasteiger charge is 2.39. The summed E-state index contributed by atoms with van der Waals surface area (Å²) in [6.45, 7) is 3.32. The first-order valence-electron chi connectivity index (χ1n) is 5.75. The number of hydrogen-bond acceptors (Lipinski definition) is 5. The summed E-state index contributed by atoms with van der Waals surface area (Å²) in [5, 5.41) is 2.52. The van der Waals surface area contributed by atoms with Crippen LogP contribution in [0, 0.1) is 0 Å². The number of sulfone groups is 1. The first-order valence-corrected chi connectivity index (χ1v) is 7.30. The third-order valence-electron chi connectivity index (χ3n) is 2.62. The van der Waals surface area contributed by atoms with Gasteiger partial charge in [-0.1, -0.05) is 29.9 Å². The first-order chi connectivity index (χ1) is 10.1. The average molecular weight is 339 g/mol. The summed E-state index contributed by atoms with van der Waals surface area (Å²) < 4.78 is 78.9. The van der Waals surface area contributed by atoms with Crippen LogP contribution in [0.1, 0.15) is 17.5 Å². The molecule has 0 N–H and O–H groups in total. The molecule has 0 aromatic heterocycles. The summed E-state index contributed by atoms with van der Waals surface area (Å²) in [4.78, 5) is 4.49. The van der Waals surface area contributed by atoms with Crippen LogP contribution >= 0.6 is 0 Å². The third-order valence-corrected chi connectivity index (χ3v) is 4.29. The molecule has 120 valence electrons. The van der Waals surface area contributed by atoms with Crippen LogP contribution in [0.25, 0.3) is 0 Å². The Labute approximate surface area is 122 Å². The lowest BCUT2D eigenvalue weighted by molar-refractivity contribution is -0.275. The van der Waals surface area contributed by atoms with Crippen molar-refractivity contribution >= 4 is 14.9 Å². The molecule has 1 aliphatic rings. The molecule has 22 heavy (non-hydrogen) atoms. The molecule has 1 aliphatic heterocycles. The zero-order valence-electron chi connectivity index (χ0n) is 10.8. The topological polar surface area (TPSA) is 65.0 Å². The Balaban J connectivity index is 2.38. The monoisotopic (exact) mass is 339 g/mol.